The fraction of sp³-hybridized carbons (Fsp3) is 1.00. The predicted molar refractivity (Wildman–Crippen MR) is 214 cm³/mol. The maximum atomic E-state index is 2.33. The summed E-state index contributed by atoms with van der Waals surface area (Å²) in [5.74, 6) is 1.04. The van der Waals surface area contributed by atoms with E-state index >= 15 is 0 Å². The minimum Gasteiger partial charge on any atom is -0.0654 e. The van der Waals surface area contributed by atoms with Crippen molar-refractivity contribution in [1.82, 2.24) is 0 Å². The van der Waals surface area contributed by atoms with E-state index in [1.54, 1.807) is 0 Å². The molecule has 0 heteroatoms. The largest absolute Gasteiger partial charge is 0.0654 e. The molecule has 0 aliphatic carbocycles. The summed E-state index contributed by atoms with van der Waals surface area (Å²) in [6, 6.07) is 0. The molecule has 0 spiro atoms. The fourth-order valence-electron chi connectivity index (χ4n) is 7.79. The van der Waals surface area contributed by atoms with Crippen molar-refractivity contribution in [3.8, 4) is 0 Å². The maximum absolute atomic E-state index is 2.33. The fourth-order valence-corrected chi connectivity index (χ4v) is 7.79. The average molecular weight is 647 g/mol. The van der Waals surface area contributed by atoms with Gasteiger partial charge in [-0.05, 0) is 5.92 Å². The van der Waals surface area contributed by atoms with Crippen LogP contribution in [0, 0.1) is 5.92 Å². The van der Waals surface area contributed by atoms with E-state index in [-0.39, 0.29) is 0 Å². The van der Waals surface area contributed by atoms with Gasteiger partial charge in [-0.25, -0.2) is 0 Å². The van der Waals surface area contributed by atoms with Crippen LogP contribution < -0.4 is 0 Å². The molecular formula is C46H94. The number of unbranched alkanes of at least 4 members (excludes halogenated alkanes) is 36. The van der Waals surface area contributed by atoms with Crippen molar-refractivity contribution in [2.24, 2.45) is 5.92 Å². The third-order valence-electron chi connectivity index (χ3n) is 11.1. The zero-order valence-corrected chi connectivity index (χ0v) is 33.3. The molecule has 0 rings (SSSR count). The standard InChI is InChI=1S/C46H94/c1-4-7-10-13-16-19-22-24-25-26-28-30-33-36-39-42-45-46(43-40-37-34-31-21-18-15-12-9-6-3)44-41-38-35-32-29-27-23-20-17-14-11-8-5-2/h46H,4-45H2,1-3H3. The van der Waals surface area contributed by atoms with Crippen LogP contribution in [0.2, 0.25) is 0 Å². The van der Waals surface area contributed by atoms with Gasteiger partial charge < -0.3 is 0 Å². The van der Waals surface area contributed by atoms with E-state index in [1.807, 2.05) is 0 Å². The molecule has 0 fully saturated rings. The molecule has 278 valence electrons. The molecule has 0 aromatic carbocycles. The minimum absolute atomic E-state index is 1.04. The lowest BCUT2D eigenvalue weighted by atomic mass is 9.89. The average Bonchev–Trinajstić information content (AvgIpc) is 3.07. The van der Waals surface area contributed by atoms with Gasteiger partial charge in [-0.2, -0.15) is 0 Å². The summed E-state index contributed by atoms with van der Waals surface area (Å²) in [7, 11) is 0. The molecule has 0 heterocycles. The first-order valence-electron chi connectivity index (χ1n) is 22.8. The summed E-state index contributed by atoms with van der Waals surface area (Å²) >= 11 is 0. The van der Waals surface area contributed by atoms with E-state index in [2.05, 4.69) is 20.8 Å². The van der Waals surface area contributed by atoms with Gasteiger partial charge in [-0.1, -0.05) is 290 Å². The van der Waals surface area contributed by atoms with E-state index < -0.39 is 0 Å². The Labute approximate surface area is 295 Å². The van der Waals surface area contributed by atoms with Crippen LogP contribution in [0.15, 0.2) is 0 Å². The molecule has 0 radical (unpaired) electrons. The Morgan fingerprint density at radius 3 is 0.457 bits per heavy atom. The smallest absolute Gasteiger partial charge is 0.0414 e. The molecule has 0 N–H and O–H groups in total. The van der Waals surface area contributed by atoms with Gasteiger partial charge in [-0.3, -0.25) is 0 Å². The van der Waals surface area contributed by atoms with Crippen molar-refractivity contribution in [3.05, 3.63) is 0 Å². The van der Waals surface area contributed by atoms with Crippen molar-refractivity contribution in [2.45, 2.75) is 290 Å². The predicted octanol–water partition coefficient (Wildman–Crippen LogP) is 18.0. The number of rotatable bonds is 42. The number of hydrogen-bond acceptors (Lipinski definition) is 0. The molecule has 0 saturated heterocycles. The molecule has 0 aliphatic rings. The van der Waals surface area contributed by atoms with Crippen molar-refractivity contribution in [3.63, 3.8) is 0 Å². The van der Waals surface area contributed by atoms with Gasteiger partial charge in [0.05, 0.1) is 0 Å². The third-order valence-corrected chi connectivity index (χ3v) is 11.1. The highest BCUT2D eigenvalue weighted by Gasteiger charge is 2.09. The first-order chi connectivity index (χ1) is 22.8. The van der Waals surface area contributed by atoms with Crippen LogP contribution in [0.25, 0.3) is 0 Å². The van der Waals surface area contributed by atoms with Crippen LogP contribution in [0.5, 0.6) is 0 Å². The van der Waals surface area contributed by atoms with Gasteiger partial charge in [0.2, 0.25) is 0 Å². The Hall–Kier alpha value is 0. The van der Waals surface area contributed by atoms with Gasteiger partial charge in [0, 0.05) is 0 Å². The Bertz CT molecular complexity index is 494. The minimum atomic E-state index is 1.04. The Kier molecular flexibility index (Phi) is 43.0. The lowest BCUT2D eigenvalue weighted by Gasteiger charge is -2.17. The first-order valence-corrected chi connectivity index (χ1v) is 22.8. The summed E-state index contributed by atoms with van der Waals surface area (Å²) in [6.07, 6.45) is 62.3. The Morgan fingerprint density at radius 2 is 0.304 bits per heavy atom. The number of hydrogen-bond donors (Lipinski definition) is 0. The molecule has 46 heavy (non-hydrogen) atoms. The Morgan fingerprint density at radius 1 is 0.174 bits per heavy atom. The van der Waals surface area contributed by atoms with Gasteiger partial charge in [0.25, 0.3) is 0 Å². The zero-order chi connectivity index (χ0) is 33.3. The molecule has 0 aromatic rings. The van der Waals surface area contributed by atoms with E-state index in [0.717, 1.165) is 5.92 Å². The summed E-state index contributed by atoms with van der Waals surface area (Å²) in [6.45, 7) is 6.96. The summed E-state index contributed by atoms with van der Waals surface area (Å²) in [4.78, 5) is 0. The summed E-state index contributed by atoms with van der Waals surface area (Å²) in [5, 5.41) is 0. The van der Waals surface area contributed by atoms with Gasteiger partial charge in [0.1, 0.15) is 0 Å². The molecule has 0 saturated carbocycles. The van der Waals surface area contributed by atoms with Crippen molar-refractivity contribution in [2.75, 3.05) is 0 Å². The molecule has 0 amide bonds. The quantitative estimate of drug-likeness (QED) is 0.0579. The van der Waals surface area contributed by atoms with Crippen molar-refractivity contribution < 1.29 is 0 Å². The van der Waals surface area contributed by atoms with Crippen molar-refractivity contribution >= 4 is 0 Å². The van der Waals surface area contributed by atoms with Crippen LogP contribution in [0.3, 0.4) is 0 Å². The second-order valence-electron chi connectivity index (χ2n) is 16.0. The lowest BCUT2D eigenvalue weighted by molar-refractivity contribution is 0.365. The van der Waals surface area contributed by atoms with Crippen LogP contribution in [0.1, 0.15) is 290 Å². The molecule has 1 unspecified atom stereocenters. The first kappa shape index (κ1) is 46.0. The molecular weight excluding hydrogens is 553 g/mol. The SMILES string of the molecule is CCCCCCCCCCCCCCCCCCC(CCCCCCCCCCCC)CCCCCCCCCCCCCCC. The molecule has 1 atom stereocenters. The van der Waals surface area contributed by atoms with E-state index in [4.69, 9.17) is 0 Å². The lowest BCUT2D eigenvalue weighted by Crippen LogP contribution is -2.01. The monoisotopic (exact) mass is 647 g/mol. The summed E-state index contributed by atoms with van der Waals surface area (Å²) < 4.78 is 0. The second-order valence-corrected chi connectivity index (χ2v) is 16.0. The van der Waals surface area contributed by atoms with Crippen LogP contribution in [0.4, 0.5) is 0 Å². The van der Waals surface area contributed by atoms with Gasteiger partial charge in [0.15, 0.2) is 0 Å². The Balaban J connectivity index is 3.87. The van der Waals surface area contributed by atoms with E-state index in [0.29, 0.717) is 0 Å². The third kappa shape index (κ3) is 40.2. The van der Waals surface area contributed by atoms with E-state index in [9.17, 15) is 0 Å². The molecule has 0 bridgehead atoms. The normalized spacial score (nSPS) is 12.3. The molecule has 0 aliphatic heterocycles. The van der Waals surface area contributed by atoms with Crippen LogP contribution >= 0.6 is 0 Å². The van der Waals surface area contributed by atoms with Crippen molar-refractivity contribution in [1.29, 1.82) is 0 Å². The zero-order valence-electron chi connectivity index (χ0n) is 33.3. The van der Waals surface area contributed by atoms with Crippen LogP contribution in [-0.4, -0.2) is 0 Å². The maximum Gasteiger partial charge on any atom is -0.0414 e. The van der Waals surface area contributed by atoms with E-state index in [1.165, 1.54) is 270 Å². The highest BCUT2D eigenvalue weighted by molar-refractivity contribution is 4.63. The van der Waals surface area contributed by atoms with Gasteiger partial charge >= 0.3 is 0 Å². The highest BCUT2D eigenvalue weighted by atomic mass is 14.1. The highest BCUT2D eigenvalue weighted by Crippen LogP contribution is 2.25. The second kappa shape index (κ2) is 43.0. The molecule has 0 aromatic heterocycles. The van der Waals surface area contributed by atoms with Gasteiger partial charge in [-0.15, -0.1) is 0 Å². The summed E-state index contributed by atoms with van der Waals surface area (Å²) in [5.41, 5.74) is 0. The van der Waals surface area contributed by atoms with Crippen LogP contribution in [-0.2, 0) is 0 Å². The topological polar surface area (TPSA) is 0 Å². The molecule has 0 nitrogen and oxygen atoms in total.